The van der Waals surface area contributed by atoms with Crippen molar-refractivity contribution in [3.63, 3.8) is 0 Å². The van der Waals surface area contributed by atoms with Gasteiger partial charge >= 0.3 is 6.09 Å². The maximum Gasteiger partial charge on any atom is 0.412 e. The Balaban J connectivity index is 0.000000194. The average molecular weight is 422 g/mol. The molecule has 1 aliphatic rings. The van der Waals surface area contributed by atoms with Crippen LogP contribution in [0.4, 0.5) is 16.2 Å². The summed E-state index contributed by atoms with van der Waals surface area (Å²) in [7, 11) is 0. The number of carbonyl (C=O) groups excluding carboxylic acids is 2. The van der Waals surface area contributed by atoms with E-state index in [4.69, 9.17) is 19.9 Å². The number of nitrogens with two attached hydrogens (primary N) is 1. The number of hydrogen-bond donors (Lipinski definition) is 2. The minimum absolute atomic E-state index is 0.201. The van der Waals surface area contributed by atoms with Gasteiger partial charge in [0.1, 0.15) is 12.3 Å². The fraction of sp³-hybridized carbons (Fsp3) is 0.182. The van der Waals surface area contributed by atoms with Crippen LogP contribution >= 0.6 is 0 Å². The van der Waals surface area contributed by atoms with Crippen LogP contribution in [0.25, 0.3) is 0 Å². The van der Waals surface area contributed by atoms with Gasteiger partial charge in [0, 0.05) is 0 Å². The number of anilines is 2. The van der Waals surface area contributed by atoms with Crippen LogP contribution in [-0.2, 0) is 20.8 Å². The summed E-state index contributed by atoms with van der Waals surface area (Å²) >= 11 is 0. The quantitative estimate of drug-likeness (QED) is 0.600. The summed E-state index contributed by atoms with van der Waals surface area (Å²) in [5, 5.41) is 2.52. The van der Waals surface area contributed by atoms with Gasteiger partial charge in [-0.3, -0.25) is 20.1 Å². The lowest BCUT2D eigenvalue weighted by atomic mass is 10.2. The number of hydrogen-bond acceptors (Lipinski definition) is 8. The van der Waals surface area contributed by atoms with Crippen LogP contribution < -0.4 is 11.1 Å². The van der Waals surface area contributed by atoms with E-state index in [-0.39, 0.29) is 12.9 Å². The van der Waals surface area contributed by atoms with Crippen molar-refractivity contribution in [1.82, 2.24) is 9.97 Å². The average Bonchev–Trinajstić information content (AvgIpc) is 3.35. The standard InChI is InChI=1S/C14H12N2O3.C8H10N2O2/c17-9-13-7-6-12(8-15-13)16-14(18)19-10-11-4-2-1-3-5-11;9-6-1-2-7(10-5-6)8-11-3-4-12-8/h1-9H,10H2,(H,16,18);1-2,5,8H,3-4,9H2. The Morgan fingerprint density at radius 2 is 1.84 bits per heavy atom. The number of ether oxygens (including phenoxy) is 3. The molecule has 3 aromatic rings. The maximum absolute atomic E-state index is 11.5. The third-order valence-electron chi connectivity index (χ3n) is 4.04. The van der Waals surface area contributed by atoms with Crippen molar-refractivity contribution < 1.29 is 23.8 Å². The molecule has 0 spiro atoms. The zero-order valence-corrected chi connectivity index (χ0v) is 16.6. The van der Waals surface area contributed by atoms with Gasteiger partial charge in [0.25, 0.3) is 0 Å². The zero-order chi connectivity index (χ0) is 21.9. The summed E-state index contributed by atoms with van der Waals surface area (Å²) in [5.41, 5.74) is 8.60. The number of nitrogens with one attached hydrogen (secondary N) is 1. The molecule has 1 fully saturated rings. The highest BCUT2D eigenvalue weighted by Crippen LogP contribution is 2.21. The first-order chi connectivity index (χ1) is 15.1. The largest absolute Gasteiger partial charge is 0.444 e. The molecule has 0 saturated carbocycles. The van der Waals surface area contributed by atoms with E-state index in [0.29, 0.717) is 36.6 Å². The van der Waals surface area contributed by atoms with Gasteiger partial charge in [0.15, 0.2) is 6.29 Å². The number of aldehydes is 1. The van der Waals surface area contributed by atoms with Crippen molar-refractivity contribution in [2.45, 2.75) is 12.9 Å². The van der Waals surface area contributed by atoms with Crippen LogP contribution in [0.3, 0.4) is 0 Å². The van der Waals surface area contributed by atoms with Crippen molar-refractivity contribution in [1.29, 1.82) is 0 Å². The fourth-order valence-electron chi connectivity index (χ4n) is 2.51. The molecule has 1 aliphatic heterocycles. The molecule has 1 saturated heterocycles. The second-order valence-corrected chi connectivity index (χ2v) is 6.37. The van der Waals surface area contributed by atoms with Crippen LogP contribution in [0, 0.1) is 0 Å². The summed E-state index contributed by atoms with van der Waals surface area (Å²) in [6.07, 6.45) is 2.76. The van der Waals surface area contributed by atoms with Gasteiger partial charge in [-0.1, -0.05) is 30.3 Å². The zero-order valence-electron chi connectivity index (χ0n) is 16.6. The normalized spacial score (nSPS) is 13.0. The van der Waals surface area contributed by atoms with Crippen molar-refractivity contribution >= 4 is 23.8 Å². The molecule has 160 valence electrons. The lowest BCUT2D eigenvalue weighted by Crippen LogP contribution is -2.13. The Hall–Kier alpha value is -3.82. The van der Waals surface area contributed by atoms with Crippen LogP contribution in [0.5, 0.6) is 0 Å². The molecule has 1 amide bonds. The van der Waals surface area contributed by atoms with Crippen LogP contribution in [0.15, 0.2) is 67.0 Å². The third kappa shape index (κ3) is 7.18. The van der Waals surface area contributed by atoms with Crippen molar-refractivity contribution in [2.75, 3.05) is 24.3 Å². The summed E-state index contributed by atoms with van der Waals surface area (Å²) < 4.78 is 15.5. The Morgan fingerprint density at radius 3 is 2.45 bits per heavy atom. The number of amides is 1. The van der Waals surface area contributed by atoms with Crippen molar-refractivity contribution in [3.05, 3.63) is 83.9 Å². The number of rotatable bonds is 5. The third-order valence-corrected chi connectivity index (χ3v) is 4.04. The number of aromatic nitrogens is 2. The number of nitrogens with zero attached hydrogens (tertiary/aromatic N) is 2. The molecular formula is C22H22N4O5. The highest BCUT2D eigenvalue weighted by atomic mass is 16.7. The molecular weight excluding hydrogens is 400 g/mol. The highest BCUT2D eigenvalue weighted by Gasteiger charge is 2.18. The molecule has 0 aliphatic carbocycles. The first kappa shape index (κ1) is 21.9. The lowest BCUT2D eigenvalue weighted by molar-refractivity contribution is -0.0472. The maximum atomic E-state index is 11.5. The van der Waals surface area contributed by atoms with Gasteiger partial charge in [-0.25, -0.2) is 4.79 Å². The van der Waals surface area contributed by atoms with Gasteiger partial charge in [0.2, 0.25) is 6.29 Å². The van der Waals surface area contributed by atoms with E-state index in [1.165, 1.54) is 12.3 Å². The second-order valence-electron chi connectivity index (χ2n) is 6.37. The van der Waals surface area contributed by atoms with E-state index < -0.39 is 6.09 Å². The molecule has 9 heteroatoms. The summed E-state index contributed by atoms with van der Waals surface area (Å²) in [6, 6.07) is 16.1. The first-order valence-electron chi connectivity index (χ1n) is 9.47. The molecule has 4 rings (SSSR count). The summed E-state index contributed by atoms with van der Waals surface area (Å²) in [5.74, 6) is 0. The molecule has 0 unspecified atom stereocenters. The predicted molar refractivity (Wildman–Crippen MR) is 113 cm³/mol. The highest BCUT2D eigenvalue weighted by molar-refractivity contribution is 5.84. The van der Waals surface area contributed by atoms with E-state index in [9.17, 15) is 9.59 Å². The molecule has 3 heterocycles. The molecule has 1 aromatic carbocycles. The molecule has 2 aromatic heterocycles. The number of nitrogen functional groups attached to an aromatic ring is 1. The molecule has 3 N–H and O–H groups in total. The van der Waals surface area contributed by atoms with Gasteiger partial charge in [-0.05, 0) is 29.8 Å². The summed E-state index contributed by atoms with van der Waals surface area (Å²) in [6.45, 7) is 1.47. The Bertz CT molecular complexity index is 959. The Kier molecular flexibility index (Phi) is 8.04. The van der Waals surface area contributed by atoms with Gasteiger partial charge in [0.05, 0.1) is 42.7 Å². The molecule has 0 bridgehead atoms. The Labute approximate surface area is 179 Å². The SMILES string of the molecule is Nc1ccc(C2OCCO2)nc1.O=Cc1ccc(NC(=O)OCc2ccccc2)cn1. The Morgan fingerprint density at radius 1 is 1.06 bits per heavy atom. The molecule has 9 nitrogen and oxygen atoms in total. The number of carbonyl (C=O) groups is 2. The number of pyridine rings is 2. The number of benzene rings is 1. The smallest absolute Gasteiger partial charge is 0.412 e. The van der Waals surface area contributed by atoms with E-state index in [0.717, 1.165) is 11.3 Å². The van der Waals surface area contributed by atoms with Crippen LogP contribution in [0.2, 0.25) is 0 Å². The predicted octanol–water partition coefficient (Wildman–Crippen LogP) is 3.35. The van der Waals surface area contributed by atoms with E-state index >= 15 is 0 Å². The lowest BCUT2D eigenvalue weighted by Gasteiger charge is -2.07. The topological polar surface area (TPSA) is 126 Å². The van der Waals surface area contributed by atoms with Gasteiger partial charge < -0.3 is 19.9 Å². The summed E-state index contributed by atoms with van der Waals surface area (Å²) in [4.78, 5) is 29.8. The van der Waals surface area contributed by atoms with Gasteiger partial charge in [-0.15, -0.1) is 0 Å². The fourth-order valence-corrected chi connectivity index (χ4v) is 2.51. The first-order valence-corrected chi connectivity index (χ1v) is 9.47. The van der Waals surface area contributed by atoms with E-state index in [1.54, 1.807) is 18.3 Å². The molecule has 31 heavy (non-hydrogen) atoms. The minimum Gasteiger partial charge on any atom is -0.444 e. The minimum atomic E-state index is -0.565. The molecule has 0 radical (unpaired) electrons. The van der Waals surface area contributed by atoms with Gasteiger partial charge in [-0.2, -0.15) is 0 Å². The van der Waals surface area contributed by atoms with E-state index in [2.05, 4.69) is 15.3 Å². The second kappa shape index (κ2) is 11.4. The molecule has 0 atom stereocenters. The van der Waals surface area contributed by atoms with Crippen molar-refractivity contribution in [2.24, 2.45) is 0 Å². The van der Waals surface area contributed by atoms with Crippen LogP contribution in [-0.4, -0.2) is 35.6 Å². The monoisotopic (exact) mass is 422 g/mol. The van der Waals surface area contributed by atoms with Crippen molar-refractivity contribution in [3.8, 4) is 0 Å². The van der Waals surface area contributed by atoms with E-state index in [1.807, 2.05) is 36.4 Å². The van der Waals surface area contributed by atoms with Crippen LogP contribution in [0.1, 0.15) is 28.0 Å².